The number of aromatic amines is 1. The Morgan fingerprint density at radius 2 is 1.65 bits per heavy atom. The number of nitrogens with two attached hydrogens (primary N) is 1. The molecule has 174 valence electrons. The fourth-order valence-corrected chi connectivity index (χ4v) is 2.84. The van der Waals surface area contributed by atoms with Gasteiger partial charge in [-0.15, -0.1) is 0 Å². The molecule has 3 amide bonds. The number of carbonyl (C=O) groups excluding carboxylic acids is 3. The van der Waals surface area contributed by atoms with Crippen LogP contribution in [0, 0.1) is 11.8 Å². The van der Waals surface area contributed by atoms with Crippen molar-refractivity contribution in [3.8, 4) is 0 Å². The minimum atomic E-state index is -1.15. The number of imidazole rings is 1. The Morgan fingerprint density at radius 1 is 1.03 bits per heavy atom. The van der Waals surface area contributed by atoms with E-state index in [0.717, 1.165) is 0 Å². The molecule has 1 rings (SSSR count). The van der Waals surface area contributed by atoms with Crippen LogP contribution in [0.3, 0.4) is 0 Å². The summed E-state index contributed by atoms with van der Waals surface area (Å²) in [6.07, 6.45) is 3.56. The molecule has 0 aliphatic heterocycles. The van der Waals surface area contributed by atoms with Crippen LogP contribution in [0.5, 0.6) is 0 Å². The first kappa shape index (κ1) is 26.1. The van der Waals surface area contributed by atoms with E-state index in [-0.39, 0.29) is 18.3 Å². The average Bonchev–Trinajstić information content (AvgIpc) is 3.21. The second-order valence-electron chi connectivity index (χ2n) is 8.07. The molecule has 0 bridgehead atoms. The Labute approximate surface area is 181 Å². The summed E-state index contributed by atoms with van der Waals surface area (Å²) in [6, 6.07) is -3.89. The summed E-state index contributed by atoms with van der Waals surface area (Å²) in [6.45, 7) is 8.54. The lowest BCUT2D eigenvalue weighted by atomic mass is 9.98. The molecule has 11 nitrogen and oxygen atoms in total. The van der Waals surface area contributed by atoms with Gasteiger partial charge in [0.05, 0.1) is 12.4 Å². The van der Waals surface area contributed by atoms with Crippen molar-refractivity contribution in [3.05, 3.63) is 18.2 Å². The Kier molecular flexibility index (Phi) is 10.1. The first-order chi connectivity index (χ1) is 14.5. The van der Waals surface area contributed by atoms with Gasteiger partial charge in [0.2, 0.25) is 17.7 Å². The van der Waals surface area contributed by atoms with Crippen LogP contribution in [0.1, 0.15) is 46.7 Å². The van der Waals surface area contributed by atoms with E-state index in [2.05, 4.69) is 25.9 Å². The predicted octanol–water partition coefficient (Wildman–Crippen LogP) is -0.459. The molecular weight excluding hydrogens is 404 g/mol. The first-order valence-corrected chi connectivity index (χ1v) is 10.3. The SMILES string of the molecule is CCC(C)C(NC(=O)C(Cc1cnc[nH]1)NC(=O)C(NC(=O)C(C)N)C(C)C)C(=O)O. The maximum Gasteiger partial charge on any atom is 0.326 e. The highest BCUT2D eigenvalue weighted by Crippen LogP contribution is 2.10. The number of carbonyl (C=O) groups is 4. The van der Waals surface area contributed by atoms with Gasteiger partial charge in [-0.1, -0.05) is 34.1 Å². The van der Waals surface area contributed by atoms with Gasteiger partial charge in [0.15, 0.2) is 0 Å². The number of carboxylic acid groups (broad SMARTS) is 1. The number of carboxylic acids is 1. The molecule has 0 aliphatic carbocycles. The van der Waals surface area contributed by atoms with E-state index < -0.39 is 47.9 Å². The van der Waals surface area contributed by atoms with Crippen LogP contribution < -0.4 is 21.7 Å². The van der Waals surface area contributed by atoms with E-state index in [1.165, 1.54) is 19.4 Å². The smallest absolute Gasteiger partial charge is 0.326 e. The summed E-state index contributed by atoms with van der Waals surface area (Å²) >= 11 is 0. The summed E-state index contributed by atoms with van der Waals surface area (Å²) in [7, 11) is 0. The molecule has 1 heterocycles. The lowest BCUT2D eigenvalue weighted by Crippen LogP contribution is -2.59. The molecule has 0 saturated heterocycles. The van der Waals surface area contributed by atoms with Crippen molar-refractivity contribution in [3.63, 3.8) is 0 Å². The predicted molar refractivity (Wildman–Crippen MR) is 114 cm³/mol. The van der Waals surface area contributed by atoms with Crippen molar-refractivity contribution in [1.29, 1.82) is 0 Å². The highest BCUT2D eigenvalue weighted by atomic mass is 16.4. The summed E-state index contributed by atoms with van der Waals surface area (Å²) in [4.78, 5) is 56.2. The van der Waals surface area contributed by atoms with Crippen molar-refractivity contribution in [2.24, 2.45) is 17.6 Å². The summed E-state index contributed by atoms with van der Waals surface area (Å²) in [5.74, 6) is -3.44. The molecule has 0 fully saturated rings. The second-order valence-corrected chi connectivity index (χ2v) is 8.07. The molecule has 5 unspecified atom stereocenters. The first-order valence-electron chi connectivity index (χ1n) is 10.3. The van der Waals surface area contributed by atoms with E-state index in [0.29, 0.717) is 12.1 Å². The summed E-state index contributed by atoms with van der Waals surface area (Å²) < 4.78 is 0. The third-order valence-corrected chi connectivity index (χ3v) is 5.05. The Hall–Kier alpha value is -2.95. The molecule has 0 saturated carbocycles. The van der Waals surface area contributed by atoms with Crippen LogP contribution in [0.2, 0.25) is 0 Å². The zero-order valence-corrected chi connectivity index (χ0v) is 18.6. The van der Waals surface area contributed by atoms with Crippen LogP contribution in [0.4, 0.5) is 0 Å². The molecule has 11 heteroatoms. The second kappa shape index (κ2) is 12.0. The van der Waals surface area contributed by atoms with Gasteiger partial charge in [0.25, 0.3) is 0 Å². The molecular formula is C20H34N6O5. The summed E-state index contributed by atoms with van der Waals surface area (Å²) in [5.41, 5.74) is 6.15. The third kappa shape index (κ3) is 8.00. The Balaban J connectivity index is 3.06. The lowest BCUT2D eigenvalue weighted by molar-refractivity contribution is -0.143. The standard InChI is InChI=1S/C20H34N6O5/c1-6-11(4)16(20(30)31)26-18(28)14(7-13-8-22-9-23-13)24-19(29)15(10(2)3)25-17(27)12(5)21/h8-12,14-16H,6-7,21H2,1-5H3,(H,22,23)(H,24,29)(H,25,27)(H,26,28)(H,30,31). The Morgan fingerprint density at radius 3 is 2.10 bits per heavy atom. The zero-order valence-electron chi connectivity index (χ0n) is 18.6. The molecule has 1 aromatic rings. The van der Waals surface area contributed by atoms with Crippen LogP contribution in [-0.4, -0.2) is 62.9 Å². The minimum Gasteiger partial charge on any atom is -0.480 e. The molecule has 0 spiro atoms. The van der Waals surface area contributed by atoms with E-state index in [1.54, 1.807) is 20.8 Å². The largest absolute Gasteiger partial charge is 0.480 e. The Bertz CT molecular complexity index is 749. The van der Waals surface area contributed by atoms with Crippen LogP contribution in [-0.2, 0) is 25.6 Å². The molecule has 31 heavy (non-hydrogen) atoms. The highest BCUT2D eigenvalue weighted by molar-refractivity contribution is 5.94. The van der Waals surface area contributed by atoms with Crippen LogP contribution >= 0.6 is 0 Å². The van der Waals surface area contributed by atoms with E-state index >= 15 is 0 Å². The molecule has 0 aliphatic rings. The van der Waals surface area contributed by atoms with Gasteiger partial charge in [-0.05, 0) is 18.8 Å². The molecule has 0 radical (unpaired) electrons. The normalized spacial score (nSPS) is 16.0. The minimum absolute atomic E-state index is 0.0659. The number of hydrogen-bond acceptors (Lipinski definition) is 6. The molecule has 7 N–H and O–H groups in total. The monoisotopic (exact) mass is 438 g/mol. The van der Waals surface area contributed by atoms with E-state index in [1.807, 2.05) is 6.92 Å². The maximum atomic E-state index is 12.9. The van der Waals surface area contributed by atoms with Crippen molar-refractivity contribution in [2.75, 3.05) is 0 Å². The number of nitrogens with zero attached hydrogens (tertiary/aromatic N) is 1. The van der Waals surface area contributed by atoms with Gasteiger partial charge in [0, 0.05) is 18.3 Å². The fourth-order valence-electron chi connectivity index (χ4n) is 2.84. The van der Waals surface area contributed by atoms with Gasteiger partial charge < -0.3 is 31.8 Å². The maximum absolute atomic E-state index is 12.9. The van der Waals surface area contributed by atoms with Gasteiger partial charge in [-0.3, -0.25) is 14.4 Å². The molecule has 0 aromatic carbocycles. The van der Waals surface area contributed by atoms with Crippen LogP contribution in [0.15, 0.2) is 12.5 Å². The van der Waals surface area contributed by atoms with Gasteiger partial charge >= 0.3 is 5.97 Å². The van der Waals surface area contributed by atoms with Crippen LogP contribution in [0.25, 0.3) is 0 Å². The van der Waals surface area contributed by atoms with Crippen molar-refractivity contribution >= 4 is 23.7 Å². The quantitative estimate of drug-likeness (QED) is 0.255. The molecule has 1 aromatic heterocycles. The average molecular weight is 439 g/mol. The van der Waals surface area contributed by atoms with E-state index in [9.17, 15) is 24.3 Å². The van der Waals surface area contributed by atoms with Crippen molar-refractivity contribution in [2.45, 2.75) is 71.6 Å². The third-order valence-electron chi connectivity index (χ3n) is 5.05. The van der Waals surface area contributed by atoms with Gasteiger partial charge in [0.1, 0.15) is 18.1 Å². The molecule has 5 atom stereocenters. The lowest BCUT2D eigenvalue weighted by Gasteiger charge is -2.27. The highest BCUT2D eigenvalue weighted by Gasteiger charge is 2.32. The number of hydrogen-bond donors (Lipinski definition) is 6. The number of amides is 3. The number of H-pyrrole nitrogens is 1. The zero-order chi connectivity index (χ0) is 23.7. The van der Waals surface area contributed by atoms with Crippen molar-refractivity contribution in [1.82, 2.24) is 25.9 Å². The van der Waals surface area contributed by atoms with Crippen molar-refractivity contribution < 1.29 is 24.3 Å². The summed E-state index contributed by atoms with van der Waals surface area (Å²) in [5, 5.41) is 17.2. The number of aliphatic carboxylic acids is 1. The topological polar surface area (TPSA) is 179 Å². The number of nitrogens with one attached hydrogen (secondary N) is 4. The number of aromatic nitrogens is 2. The van der Waals surface area contributed by atoms with Gasteiger partial charge in [-0.2, -0.15) is 0 Å². The van der Waals surface area contributed by atoms with Gasteiger partial charge in [-0.25, -0.2) is 9.78 Å². The number of rotatable bonds is 12. The fraction of sp³-hybridized carbons (Fsp3) is 0.650. The van der Waals surface area contributed by atoms with E-state index in [4.69, 9.17) is 5.73 Å².